The SMILES string of the molecule is COCC(C)CN1CCNC(C(C)(C)C)C1. The zero-order chi connectivity index (χ0) is 12.2. The number of hydrogen-bond donors (Lipinski definition) is 1. The number of piperazine rings is 1. The lowest BCUT2D eigenvalue weighted by Gasteiger charge is -2.41. The summed E-state index contributed by atoms with van der Waals surface area (Å²) < 4.78 is 5.20. The fourth-order valence-electron chi connectivity index (χ4n) is 2.33. The van der Waals surface area contributed by atoms with Crippen LogP contribution in [0.15, 0.2) is 0 Å². The molecule has 1 N–H and O–H groups in total. The zero-order valence-corrected chi connectivity index (χ0v) is 11.5. The molecule has 1 saturated heterocycles. The van der Waals surface area contributed by atoms with Crippen LogP contribution in [0, 0.1) is 11.3 Å². The van der Waals surface area contributed by atoms with Gasteiger partial charge in [-0.05, 0) is 11.3 Å². The first-order valence-corrected chi connectivity index (χ1v) is 6.38. The Morgan fingerprint density at radius 1 is 1.44 bits per heavy atom. The van der Waals surface area contributed by atoms with Gasteiger partial charge in [-0.2, -0.15) is 0 Å². The molecule has 0 aromatic heterocycles. The van der Waals surface area contributed by atoms with Crippen molar-refractivity contribution in [1.29, 1.82) is 0 Å². The van der Waals surface area contributed by atoms with E-state index in [0.717, 1.165) is 26.2 Å². The lowest BCUT2D eigenvalue weighted by atomic mass is 9.85. The fourth-order valence-corrected chi connectivity index (χ4v) is 2.33. The molecule has 0 aromatic carbocycles. The van der Waals surface area contributed by atoms with Gasteiger partial charge in [-0.15, -0.1) is 0 Å². The predicted molar refractivity (Wildman–Crippen MR) is 68.7 cm³/mol. The van der Waals surface area contributed by atoms with E-state index < -0.39 is 0 Å². The Labute approximate surface area is 101 Å². The molecule has 2 unspecified atom stereocenters. The fraction of sp³-hybridized carbons (Fsp3) is 1.00. The van der Waals surface area contributed by atoms with Gasteiger partial charge in [0.1, 0.15) is 0 Å². The molecule has 2 atom stereocenters. The average Bonchev–Trinajstić information content (AvgIpc) is 2.17. The first-order valence-electron chi connectivity index (χ1n) is 6.38. The minimum Gasteiger partial charge on any atom is -0.384 e. The topological polar surface area (TPSA) is 24.5 Å². The highest BCUT2D eigenvalue weighted by Gasteiger charge is 2.29. The number of rotatable bonds is 4. The van der Waals surface area contributed by atoms with Crippen LogP contribution in [-0.2, 0) is 4.74 Å². The van der Waals surface area contributed by atoms with E-state index in [1.807, 2.05) is 0 Å². The van der Waals surface area contributed by atoms with Gasteiger partial charge in [0.05, 0.1) is 0 Å². The van der Waals surface area contributed by atoms with Crippen molar-refractivity contribution in [3.63, 3.8) is 0 Å². The summed E-state index contributed by atoms with van der Waals surface area (Å²) in [4.78, 5) is 2.57. The molecular weight excluding hydrogens is 200 g/mol. The van der Waals surface area contributed by atoms with Crippen LogP contribution in [0.25, 0.3) is 0 Å². The Balaban J connectivity index is 2.39. The molecule has 1 rings (SSSR count). The second kappa shape index (κ2) is 5.99. The second-order valence-corrected chi connectivity index (χ2v) is 6.19. The third-order valence-electron chi connectivity index (χ3n) is 3.33. The highest BCUT2D eigenvalue weighted by Crippen LogP contribution is 2.22. The van der Waals surface area contributed by atoms with Crippen LogP contribution in [0.2, 0.25) is 0 Å². The summed E-state index contributed by atoms with van der Waals surface area (Å²) >= 11 is 0. The van der Waals surface area contributed by atoms with Crippen molar-refractivity contribution in [2.45, 2.75) is 33.7 Å². The summed E-state index contributed by atoms with van der Waals surface area (Å²) in [6.45, 7) is 14.7. The van der Waals surface area contributed by atoms with E-state index >= 15 is 0 Å². The van der Waals surface area contributed by atoms with Crippen LogP contribution in [0.5, 0.6) is 0 Å². The maximum Gasteiger partial charge on any atom is 0.0500 e. The monoisotopic (exact) mass is 228 g/mol. The van der Waals surface area contributed by atoms with Gasteiger partial charge in [0.25, 0.3) is 0 Å². The standard InChI is InChI=1S/C13H28N2O/c1-11(10-16-5)8-15-7-6-14-12(9-15)13(2,3)4/h11-12,14H,6-10H2,1-5H3. The largest absolute Gasteiger partial charge is 0.384 e. The summed E-state index contributed by atoms with van der Waals surface area (Å²) in [6, 6.07) is 0.607. The van der Waals surface area contributed by atoms with E-state index in [1.165, 1.54) is 6.54 Å². The van der Waals surface area contributed by atoms with Crippen LogP contribution < -0.4 is 5.32 Å². The molecule has 0 saturated carbocycles. The Kier molecular flexibility index (Phi) is 5.22. The van der Waals surface area contributed by atoms with Gasteiger partial charge in [-0.1, -0.05) is 27.7 Å². The van der Waals surface area contributed by atoms with Crippen molar-refractivity contribution in [1.82, 2.24) is 10.2 Å². The molecule has 1 fully saturated rings. The van der Waals surface area contributed by atoms with E-state index in [0.29, 0.717) is 17.4 Å². The van der Waals surface area contributed by atoms with Crippen molar-refractivity contribution in [3.05, 3.63) is 0 Å². The maximum atomic E-state index is 5.20. The van der Waals surface area contributed by atoms with Crippen LogP contribution >= 0.6 is 0 Å². The molecule has 0 aliphatic carbocycles. The van der Waals surface area contributed by atoms with Gasteiger partial charge < -0.3 is 15.0 Å². The van der Waals surface area contributed by atoms with Crippen molar-refractivity contribution >= 4 is 0 Å². The summed E-state index contributed by atoms with van der Waals surface area (Å²) in [5.41, 5.74) is 0.350. The predicted octanol–water partition coefficient (Wildman–Crippen LogP) is 1.59. The number of methoxy groups -OCH3 is 1. The molecular formula is C13H28N2O. The number of nitrogens with one attached hydrogen (secondary N) is 1. The summed E-state index contributed by atoms with van der Waals surface area (Å²) in [5, 5.41) is 3.62. The summed E-state index contributed by atoms with van der Waals surface area (Å²) in [5.74, 6) is 0.628. The smallest absolute Gasteiger partial charge is 0.0500 e. The third-order valence-corrected chi connectivity index (χ3v) is 3.33. The molecule has 1 heterocycles. The molecule has 0 radical (unpaired) electrons. The van der Waals surface area contributed by atoms with Gasteiger partial charge in [-0.3, -0.25) is 0 Å². The quantitative estimate of drug-likeness (QED) is 0.791. The molecule has 96 valence electrons. The van der Waals surface area contributed by atoms with Gasteiger partial charge in [0.15, 0.2) is 0 Å². The molecule has 3 heteroatoms. The minimum atomic E-state index is 0.350. The normalized spacial score (nSPS) is 25.7. The van der Waals surface area contributed by atoms with Crippen LogP contribution in [0.1, 0.15) is 27.7 Å². The lowest BCUT2D eigenvalue weighted by Crippen LogP contribution is -2.56. The highest BCUT2D eigenvalue weighted by molar-refractivity contribution is 4.87. The average molecular weight is 228 g/mol. The molecule has 3 nitrogen and oxygen atoms in total. The summed E-state index contributed by atoms with van der Waals surface area (Å²) in [7, 11) is 1.78. The molecule has 0 aromatic rings. The highest BCUT2D eigenvalue weighted by atomic mass is 16.5. The van der Waals surface area contributed by atoms with Crippen LogP contribution in [0.4, 0.5) is 0 Å². The van der Waals surface area contributed by atoms with Crippen molar-refractivity contribution in [2.24, 2.45) is 11.3 Å². The third kappa shape index (κ3) is 4.40. The van der Waals surface area contributed by atoms with Crippen LogP contribution in [0.3, 0.4) is 0 Å². The van der Waals surface area contributed by atoms with Crippen molar-refractivity contribution in [3.8, 4) is 0 Å². The van der Waals surface area contributed by atoms with Crippen molar-refractivity contribution in [2.75, 3.05) is 39.9 Å². The summed E-state index contributed by atoms with van der Waals surface area (Å²) in [6.07, 6.45) is 0. The number of ether oxygens (including phenoxy) is 1. The van der Waals surface area contributed by atoms with E-state index in [1.54, 1.807) is 7.11 Å². The molecule has 0 bridgehead atoms. The maximum absolute atomic E-state index is 5.20. The van der Waals surface area contributed by atoms with Crippen LogP contribution in [-0.4, -0.2) is 50.8 Å². The van der Waals surface area contributed by atoms with Gasteiger partial charge >= 0.3 is 0 Å². The van der Waals surface area contributed by atoms with E-state index in [-0.39, 0.29) is 0 Å². The second-order valence-electron chi connectivity index (χ2n) is 6.19. The first-order chi connectivity index (χ1) is 7.43. The molecule has 1 aliphatic heterocycles. The molecule has 16 heavy (non-hydrogen) atoms. The minimum absolute atomic E-state index is 0.350. The van der Waals surface area contributed by atoms with Crippen molar-refractivity contribution < 1.29 is 4.74 Å². The van der Waals surface area contributed by atoms with Gasteiger partial charge in [0.2, 0.25) is 0 Å². The van der Waals surface area contributed by atoms with Gasteiger partial charge in [0, 0.05) is 45.9 Å². The zero-order valence-electron chi connectivity index (χ0n) is 11.5. The van der Waals surface area contributed by atoms with E-state index in [4.69, 9.17) is 4.74 Å². The first kappa shape index (κ1) is 13.9. The number of hydrogen-bond acceptors (Lipinski definition) is 3. The molecule has 0 spiro atoms. The molecule has 1 aliphatic rings. The Hall–Kier alpha value is -0.120. The Morgan fingerprint density at radius 2 is 2.12 bits per heavy atom. The van der Waals surface area contributed by atoms with Gasteiger partial charge in [-0.25, -0.2) is 0 Å². The van der Waals surface area contributed by atoms with E-state index in [9.17, 15) is 0 Å². The van der Waals surface area contributed by atoms with E-state index in [2.05, 4.69) is 37.9 Å². The molecule has 0 amide bonds. The number of nitrogens with zero attached hydrogens (tertiary/aromatic N) is 1. The Bertz CT molecular complexity index is 201. The lowest BCUT2D eigenvalue weighted by molar-refractivity contribution is 0.0925. The Morgan fingerprint density at radius 3 is 2.69 bits per heavy atom.